The molecule has 0 amide bonds. The molecule has 4 aliphatic rings. The predicted octanol–water partition coefficient (Wildman–Crippen LogP) is 1.74. The highest BCUT2D eigenvalue weighted by Crippen LogP contribution is 2.42. The molecule has 4 fully saturated rings. The molecule has 3 saturated heterocycles. The number of likely N-dealkylation sites (N-methyl/N-ethyl adjacent to an activating group) is 1. The molecule has 20 heavy (non-hydrogen) atoms. The second-order valence-corrected chi connectivity index (χ2v) is 8.22. The molecular weight excluding hydrogens is 246 g/mol. The molecule has 0 aromatic rings. The van der Waals surface area contributed by atoms with E-state index in [-0.39, 0.29) is 0 Å². The number of nitrogens with zero attached hydrogens (tertiary/aromatic N) is 3. The third kappa shape index (κ3) is 2.42. The van der Waals surface area contributed by atoms with Gasteiger partial charge in [0.05, 0.1) is 0 Å². The van der Waals surface area contributed by atoms with E-state index in [0.717, 1.165) is 29.8 Å². The number of hydrogen-bond acceptors (Lipinski definition) is 3. The van der Waals surface area contributed by atoms with Gasteiger partial charge < -0.3 is 4.90 Å². The standard InChI is InChI=1S/C17H31N3/c1-13-8-19(9-13)17-6-14-10-20(11-15(14)7-17)16-4-3-5-18(2)12-16/h13-17H,3-12H2,1-2H3. The van der Waals surface area contributed by atoms with E-state index in [2.05, 4.69) is 28.7 Å². The van der Waals surface area contributed by atoms with Crippen LogP contribution < -0.4 is 0 Å². The highest BCUT2D eigenvalue weighted by Gasteiger charge is 2.45. The fraction of sp³-hybridized carbons (Fsp3) is 1.00. The van der Waals surface area contributed by atoms with Gasteiger partial charge in [0.15, 0.2) is 0 Å². The van der Waals surface area contributed by atoms with Crippen molar-refractivity contribution < 1.29 is 0 Å². The zero-order valence-corrected chi connectivity index (χ0v) is 13.3. The van der Waals surface area contributed by atoms with Gasteiger partial charge in [-0.05, 0) is 57.0 Å². The first-order chi connectivity index (χ1) is 9.69. The minimum Gasteiger partial charge on any atom is -0.305 e. The first kappa shape index (κ1) is 13.5. The Balaban J connectivity index is 1.30. The van der Waals surface area contributed by atoms with Crippen molar-refractivity contribution in [3.63, 3.8) is 0 Å². The van der Waals surface area contributed by atoms with Gasteiger partial charge in [-0.3, -0.25) is 9.80 Å². The number of rotatable bonds is 2. The van der Waals surface area contributed by atoms with Crippen LogP contribution in [0.1, 0.15) is 32.6 Å². The molecular formula is C17H31N3. The second-order valence-electron chi connectivity index (χ2n) is 8.22. The summed E-state index contributed by atoms with van der Waals surface area (Å²) in [6, 6.07) is 1.80. The summed E-state index contributed by atoms with van der Waals surface area (Å²) in [7, 11) is 2.30. The van der Waals surface area contributed by atoms with E-state index in [1.54, 1.807) is 0 Å². The Bertz CT molecular complexity index is 338. The molecule has 3 heterocycles. The van der Waals surface area contributed by atoms with Crippen molar-refractivity contribution in [2.75, 3.05) is 46.3 Å². The Morgan fingerprint density at radius 1 is 0.800 bits per heavy atom. The van der Waals surface area contributed by atoms with Gasteiger partial charge in [-0.15, -0.1) is 0 Å². The molecule has 0 bridgehead atoms. The topological polar surface area (TPSA) is 9.72 Å². The number of likely N-dealkylation sites (tertiary alicyclic amines) is 3. The van der Waals surface area contributed by atoms with E-state index in [1.165, 1.54) is 65.0 Å². The van der Waals surface area contributed by atoms with Crippen molar-refractivity contribution in [2.24, 2.45) is 17.8 Å². The molecule has 1 saturated carbocycles. The minimum atomic E-state index is 0.863. The van der Waals surface area contributed by atoms with Crippen LogP contribution in [0.5, 0.6) is 0 Å². The summed E-state index contributed by atoms with van der Waals surface area (Å²) in [6.07, 6.45) is 5.84. The van der Waals surface area contributed by atoms with E-state index >= 15 is 0 Å². The van der Waals surface area contributed by atoms with Gasteiger partial charge in [-0.25, -0.2) is 0 Å². The second kappa shape index (κ2) is 5.26. The van der Waals surface area contributed by atoms with Crippen molar-refractivity contribution in [1.29, 1.82) is 0 Å². The van der Waals surface area contributed by atoms with Crippen molar-refractivity contribution in [1.82, 2.24) is 14.7 Å². The highest BCUT2D eigenvalue weighted by atomic mass is 15.3. The zero-order chi connectivity index (χ0) is 13.7. The lowest BCUT2D eigenvalue weighted by Crippen LogP contribution is -2.51. The van der Waals surface area contributed by atoms with Crippen molar-refractivity contribution >= 4 is 0 Å². The van der Waals surface area contributed by atoms with Crippen LogP contribution in [0.2, 0.25) is 0 Å². The summed E-state index contributed by atoms with van der Waals surface area (Å²) < 4.78 is 0. The van der Waals surface area contributed by atoms with Crippen LogP contribution >= 0.6 is 0 Å². The first-order valence-corrected chi connectivity index (χ1v) is 8.85. The summed E-state index contributed by atoms with van der Waals surface area (Å²) in [4.78, 5) is 8.15. The van der Waals surface area contributed by atoms with E-state index in [1.807, 2.05) is 0 Å². The van der Waals surface area contributed by atoms with Gasteiger partial charge in [0, 0.05) is 44.8 Å². The van der Waals surface area contributed by atoms with Gasteiger partial charge >= 0.3 is 0 Å². The number of hydrogen-bond donors (Lipinski definition) is 0. The number of fused-ring (bicyclic) bond motifs is 1. The molecule has 4 rings (SSSR count). The van der Waals surface area contributed by atoms with Gasteiger partial charge in [0.1, 0.15) is 0 Å². The summed E-state index contributed by atoms with van der Waals surface area (Å²) >= 11 is 0. The van der Waals surface area contributed by atoms with Crippen LogP contribution in [0.4, 0.5) is 0 Å². The lowest BCUT2D eigenvalue weighted by Gasteiger charge is -2.42. The molecule has 0 aromatic heterocycles. The SMILES string of the molecule is CC1CN(C2CC3CN(C4CCCN(C)C4)CC3C2)C1. The largest absolute Gasteiger partial charge is 0.305 e. The van der Waals surface area contributed by atoms with E-state index < -0.39 is 0 Å². The number of piperidine rings is 1. The van der Waals surface area contributed by atoms with Crippen LogP contribution in [0.25, 0.3) is 0 Å². The Kier molecular flexibility index (Phi) is 3.56. The zero-order valence-electron chi connectivity index (χ0n) is 13.3. The molecule has 114 valence electrons. The van der Waals surface area contributed by atoms with Crippen LogP contribution in [-0.2, 0) is 0 Å². The molecule has 0 radical (unpaired) electrons. The summed E-state index contributed by atoms with van der Waals surface area (Å²) in [5.41, 5.74) is 0. The Morgan fingerprint density at radius 2 is 1.45 bits per heavy atom. The maximum atomic E-state index is 2.85. The molecule has 0 N–H and O–H groups in total. The quantitative estimate of drug-likeness (QED) is 0.761. The van der Waals surface area contributed by atoms with Gasteiger partial charge in [-0.2, -0.15) is 0 Å². The molecule has 0 aromatic carbocycles. The monoisotopic (exact) mass is 277 g/mol. The highest BCUT2D eigenvalue weighted by molar-refractivity contribution is 4.99. The normalized spacial score (nSPS) is 44.7. The van der Waals surface area contributed by atoms with Crippen molar-refractivity contribution in [3.05, 3.63) is 0 Å². The van der Waals surface area contributed by atoms with Gasteiger partial charge in [-0.1, -0.05) is 6.92 Å². The van der Waals surface area contributed by atoms with Crippen LogP contribution in [-0.4, -0.2) is 73.1 Å². The smallest absolute Gasteiger partial charge is 0.0223 e. The first-order valence-electron chi connectivity index (χ1n) is 8.85. The third-order valence-electron chi connectivity index (χ3n) is 6.48. The maximum Gasteiger partial charge on any atom is 0.0223 e. The maximum absolute atomic E-state index is 2.85. The van der Waals surface area contributed by atoms with Gasteiger partial charge in [0.25, 0.3) is 0 Å². The van der Waals surface area contributed by atoms with Gasteiger partial charge in [0.2, 0.25) is 0 Å². The van der Waals surface area contributed by atoms with E-state index in [0.29, 0.717) is 0 Å². The van der Waals surface area contributed by atoms with Crippen LogP contribution in [0.15, 0.2) is 0 Å². The minimum absolute atomic E-state index is 0.863. The summed E-state index contributed by atoms with van der Waals surface area (Å²) in [5, 5.41) is 0. The van der Waals surface area contributed by atoms with Crippen LogP contribution in [0.3, 0.4) is 0 Å². The molecule has 1 aliphatic carbocycles. The molecule has 3 nitrogen and oxygen atoms in total. The fourth-order valence-electron chi connectivity index (χ4n) is 5.38. The molecule has 3 heteroatoms. The van der Waals surface area contributed by atoms with Crippen molar-refractivity contribution in [2.45, 2.75) is 44.7 Å². The molecule has 3 atom stereocenters. The Morgan fingerprint density at radius 3 is 2.05 bits per heavy atom. The van der Waals surface area contributed by atoms with Crippen molar-refractivity contribution in [3.8, 4) is 0 Å². The summed E-state index contributed by atoms with van der Waals surface area (Å²) in [5.74, 6) is 3.00. The van der Waals surface area contributed by atoms with E-state index in [4.69, 9.17) is 0 Å². The molecule has 0 spiro atoms. The predicted molar refractivity (Wildman–Crippen MR) is 82.8 cm³/mol. The average Bonchev–Trinajstić information content (AvgIpc) is 2.92. The Hall–Kier alpha value is -0.120. The molecule has 3 aliphatic heterocycles. The van der Waals surface area contributed by atoms with Crippen LogP contribution in [0, 0.1) is 17.8 Å². The molecule has 3 unspecified atom stereocenters. The lowest BCUT2D eigenvalue weighted by atomic mass is 9.98. The Labute approximate surface area is 124 Å². The van der Waals surface area contributed by atoms with E-state index in [9.17, 15) is 0 Å². The lowest BCUT2D eigenvalue weighted by molar-refractivity contribution is 0.0556. The third-order valence-corrected chi connectivity index (χ3v) is 6.48. The summed E-state index contributed by atoms with van der Waals surface area (Å²) in [6.45, 7) is 10.6. The average molecular weight is 277 g/mol. The fourth-order valence-corrected chi connectivity index (χ4v) is 5.38.